The number of pyridine rings is 1. The van der Waals surface area contributed by atoms with Crippen LogP contribution in [0.25, 0.3) is 11.1 Å². The molecule has 3 N–H and O–H groups in total. The molecule has 0 aliphatic rings. The van der Waals surface area contributed by atoms with Crippen LogP contribution >= 0.6 is 0 Å². The van der Waals surface area contributed by atoms with Gasteiger partial charge in [0.15, 0.2) is 0 Å². The zero-order valence-corrected chi connectivity index (χ0v) is 17.1. The number of anilines is 5. The van der Waals surface area contributed by atoms with E-state index < -0.39 is 5.95 Å². The number of rotatable bonds is 7. The molecule has 0 aliphatic heterocycles. The molecular weight excluding hydrogens is 411 g/mol. The second kappa shape index (κ2) is 9.04. The number of aryl methyl sites for hydroxylation is 1. The first-order valence-electron chi connectivity index (χ1n) is 9.55. The van der Waals surface area contributed by atoms with Gasteiger partial charge in [-0.25, -0.2) is 9.97 Å². The van der Waals surface area contributed by atoms with Gasteiger partial charge in [0, 0.05) is 48.1 Å². The molecule has 1 aromatic carbocycles. The Bertz CT molecular complexity index is 1270. The maximum atomic E-state index is 13.3. The van der Waals surface area contributed by atoms with Crippen LogP contribution in [0.3, 0.4) is 0 Å². The van der Waals surface area contributed by atoms with Crippen molar-refractivity contribution in [1.29, 1.82) is 0 Å². The summed E-state index contributed by atoms with van der Waals surface area (Å²) in [6, 6.07) is 9.99. The minimum Gasteiger partial charge on any atom is -0.339 e. The van der Waals surface area contributed by atoms with Gasteiger partial charge >= 0.3 is 0 Å². The van der Waals surface area contributed by atoms with Crippen molar-refractivity contribution in [2.75, 3.05) is 16.0 Å². The van der Waals surface area contributed by atoms with Gasteiger partial charge in [0.2, 0.25) is 17.8 Å². The number of carbonyl (C=O) groups is 1. The van der Waals surface area contributed by atoms with Crippen LogP contribution < -0.4 is 16.0 Å². The molecule has 10 heteroatoms. The molecular formula is C22H19FN8O. The molecule has 0 saturated heterocycles. The molecule has 0 atom stereocenters. The van der Waals surface area contributed by atoms with Crippen molar-refractivity contribution in [1.82, 2.24) is 24.7 Å². The molecule has 160 valence electrons. The normalized spacial score (nSPS) is 10.4. The Morgan fingerprint density at radius 1 is 1.06 bits per heavy atom. The lowest BCUT2D eigenvalue weighted by Crippen LogP contribution is -2.07. The molecule has 0 unspecified atom stereocenters. The summed E-state index contributed by atoms with van der Waals surface area (Å²) in [7, 11) is 1.81. The first-order chi connectivity index (χ1) is 15.5. The third kappa shape index (κ3) is 4.93. The van der Waals surface area contributed by atoms with Gasteiger partial charge < -0.3 is 16.0 Å². The number of aromatic nitrogens is 5. The van der Waals surface area contributed by atoms with E-state index in [4.69, 9.17) is 0 Å². The average Bonchev–Trinajstić information content (AvgIpc) is 3.19. The molecule has 4 aromatic rings. The Morgan fingerprint density at radius 3 is 2.62 bits per heavy atom. The lowest BCUT2D eigenvalue weighted by Gasteiger charge is -2.13. The fraction of sp³-hybridized carbons (Fsp3) is 0.0455. The van der Waals surface area contributed by atoms with Crippen LogP contribution in [0, 0.1) is 5.95 Å². The van der Waals surface area contributed by atoms with E-state index in [9.17, 15) is 9.18 Å². The fourth-order valence-corrected chi connectivity index (χ4v) is 2.90. The zero-order chi connectivity index (χ0) is 22.5. The van der Waals surface area contributed by atoms with Crippen molar-refractivity contribution in [3.05, 3.63) is 79.8 Å². The van der Waals surface area contributed by atoms with Gasteiger partial charge in [0.25, 0.3) is 0 Å². The van der Waals surface area contributed by atoms with Crippen LogP contribution in [-0.2, 0) is 11.8 Å². The topological polar surface area (TPSA) is 110 Å². The van der Waals surface area contributed by atoms with Crippen LogP contribution in [0.2, 0.25) is 0 Å². The molecule has 0 radical (unpaired) electrons. The minimum absolute atomic E-state index is 0.315. The number of amides is 1. The van der Waals surface area contributed by atoms with Crippen molar-refractivity contribution < 1.29 is 9.18 Å². The van der Waals surface area contributed by atoms with Crippen LogP contribution in [0.1, 0.15) is 0 Å². The Hall–Kier alpha value is -4.60. The highest BCUT2D eigenvalue weighted by atomic mass is 19.1. The third-order valence-electron chi connectivity index (χ3n) is 4.37. The standard InChI is InChI=1S/C22H19FN8O/c1-3-20(32)27-15-5-4-6-16(9-15)28-21-18(14-7-8-19(23)24-10-14)12-25-22(30-21)29-17-11-26-31(2)13-17/h3-13H,1H2,2H3,(H,27,32)(H2,25,28,29,30). The molecule has 3 aromatic heterocycles. The second-order valence-electron chi connectivity index (χ2n) is 6.75. The Balaban J connectivity index is 1.69. The molecule has 1 amide bonds. The predicted octanol–water partition coefficient (Wildman–Crippen LogP) is 4.02. The minimum atomic E-state index is -0.579. The highest BCUT2D eigenvalue weighted by Crippen LogP contribution is 2.30. The fourth-order valence-electron chi connectivity index (χ4n) is 2.90. The van der Waals surface area contributed by atoms with E-state index in [2.05, 4.69) is 42.6 Å². The second-order valence-corrected chi connectivity index (χ2v) is 6.75. The number of hydrogen-bond donors (Lipinski definition) is 3. The Labute approximate surface area is 183 Å². The number of halogens is 1. The molecule has 0 saturated carbocycles. The number of hydrogen-bond acceptors (Lipinski definition) is 7. The number of nitrogens with one attached hydrogen (secondary N) is 3. The summed E-state index contributed by atoms with van der Waals surface area (Å²) in [5, 5.41) is 13.2. The van der Waals surface area contributed by atoms with Gasteiger partial charge in [-0.05, 0) is 36.4 Å². The summed E-state index contributed by atoms with van der Waals surface area (Å²) in [5.74, 6) is -0.0858. The third-order valence-corrected chi connectivity index (χ3v) is 4.37. The predicted molar refractivity (Wildman–Crippen MR) is 120 cm³/mol. The highest BCUT2D eigenvalue weighted by molar-refractivity contribution is 5.99. The molecule has 0 spiro atoms. The van der Waals surface area contributed by atoms with Crippen LogP contribution in [0.15, 0.2) is 73.8 Å². The molecule has 0 aliphatic carbocycles. The molecule has 0 fully saturated rings. The van der Waals surface area contributed by atoms with Gasteiger partial charge in [-0.2, -0.15) is 14.5 Å². The molecule has 0 bridgehead atoms. The Kier molecular flexibility index (Phi) is 5.84. The van der Waals surface area contributed by atoms with E-state index in [0.717, 1.165) is 5.69 Å². The first-order valence-corrected chi connectivity index (χ1v) is 9.55. The smallest absolute Gasteiger partial charge is 0.247 e. The first kappa shape index (κ1) is 20.7. The van der Waals surface area contributed by atoms with E-state index in [1.807, 2.05) is 13.1 Å². The van der Waals surface area contributed by atoms with Crippen LogP contribution in [0.5, 0.6) is 0 Å². The van der Waals surface area contributed by atoms with E-state index in [1.54, 1.807) is 47.5 Å². The molecule has 3 heterocycles. The van der Waals surface area contributed by atoms with Crippen molar-refractivity contribution in [3.8, 4) is 11.1 Å². The summed E-state index contributed by atoms with van der Waals surface area (Å²) < 4.78 is 15.0. The SMILES string of the molecule is C=CC(=O)Nc1cccc(Nc2nc(Nc3cnn(C)c3)ncc2-c2ccc(F)nc2)c1. The summed E-state index contributed by atoms with van der Waals surface area (Å²) in [5.41, 5.74) is 3.25. The summed E-state index contributed by atoms with van der Waals surface area (Å²) in [6.07, 6.45) is 7.67. The largest absolute Gasteiger partial charge is 0.339 e. The molecule has 9 nitrogen and oxygen atoms in total. The highest BCUT2D eigenvalue weighted by Gasteiger charge is 2.12. The Morgan fingerprint density at radius 2 is 1.91 bits per heavy atom. The van der Waals surface area contributed by atoms with Crippen LogP contribution in [0.4, 0.5) is 33.2 Å². The van der Waals surface area contributed by atoms with Gasteiger partial charge in [0.05, 0.1) is 11.9 Å². The lowest BCUT2D eigenvalue weighted by molar-refractivity contribution is -0.111. The number of benzene rings is 1. The average molecular weight is 430 g/mol. The van der Waals surface area contributed by atoms with Crippen molar-refractivity contribution in [2.45, 2.75) is 0 Å². The number of nitrogens with zero attached hydrogens (tertiary/aromatic N) is 5. The van der Waals surface area contributed by atoms with Crippen molar-refractivity contribution in [3.63, 3.8) is 0 Å². The van der Waals surface area contributed by atoms with Crippen molar-refractivity contribution >= 4 is 34.7 Å². The summed E-state index contributed by atoms with van der Waals surface area (Å²) >= 11 is 0. The molecule has 4 rings (SSSR count). The maximum Gasteiger partial charge on any atom is 0.247 e. The van der Waals surface area contributed by atoms with E-state index in [1.165, 1.54) is 18.3 Å². The monoisotopic (exact) mass is 430 g/mol. The summed E-state index contributed by atoms with van der Waals surface area (Å²) in [4.78, 5) is 24.3. The number of carbonyl (C=O) groups excluding carboxylic acids is 1. The van der Waals surface area contributed by atoms with Crippen LogP contribution in [-0.4, -0.2) is 30.6 Å². The maximum absolute atomic E-state index is 13.3. The van der Waals surface area contributed by atoms with Gasteiger partial charge in [-0.15, -0.1) is 0 Å². The summed E-state index contributed by atoms with van der Waals surface area (Å²) in [6.45, 7) is 3.45. The van der Waals surface area contributed by atoms with Gasteiger partial charge in [0.1, 0.15) is 5.82 Å². The van der Waals surface area contributed by atoms with Gasteiger partial charge in [-0.3, -0.25) is 9.48 Å². The molecule has 32 heavy (non-hydrogen) atoms. The lowest BCUT2D eigenvalue weighted by atomic mass is 10.1. The van der Waals surface area contributed by atoms with E-state index in [0.29, 0.717) is 34.3 Å². The zero-order valence-electron chi connectivity index (χ0n) is 17.1. The van der Waals surface area contributed by atoms with Crippen molar-refractivity contribution in [2.24, 2.45) is 7.05 Å². The van der Waals surface area contributed by atoms with Gasteiger partial charge in [-0.1, -0.05) is 12.6 Å². The quantitative estimate of drug-likeness (QED) is 0.300. The van der Waals surface area contributed by atoms with E-state index in [-0.39, 0.29) is 5.91 Å². The van der Waals surface area contributed by atoms with E-state index >= 15 is 0 Å².